The Hall–Kier alpha value is -6.34. The Balaban J connectivity index is 1.81. The van der Waals surface area contributed by atoms with Crippen molar-refractivity contribution in [3.8, 4) is 0 Å². The topological polar surface area (TPSA) is 300 Å². The van der Waals surface area contributed by atoms with Crippen molar-refractivity contribution in [2.24, 2.45) is 10.7 Å². The first-order valence-corrected chi connectivity index (χ1v) is 18.3. The second-order valence-corrected chi connectivity index (χ2v) is 13.0. The third kappa shape index (κ3) is 15.2. The van der Waals surface area contributed by atoms with Crippen LogP contribution in [0.25, 0.3) is 0 Å². The molecule has 0 radical (unpaired) electrons. The molecule has 3 rings (SSSR count). The number of benzene rings is 1. The lowest BCUT2D eigenvalue weighted by atomic mass is 10.0. The van der Waals surface area contributed by atoms with E-state index in [2.05, 4.69) is 42.2 Å². The number of carboxylic acid groups (broad SMARTS) is 1. The molecule has 8 amide bonds. The minimum atomic E-state index is -1.61. The Labute approximate surface area is 323 Å². The molecule has 0 bridgehead atoms. The molecule has 304 valence electrons. The molecular formula is C36H50N10O10. The normalized spacial score (nSPS) is 21.2. The lowest BCUT2D eigenvalue weighted by Crippen LogP contribution is -2.58. The molecule has 2 aliphatic rings. The van der Waals surface area contributed by atoms with Crippen molar-refractivity contribution >= 4 is 59.2 Å². The van der Waals surface area contributed by atoms with Crippen LogP contribution in [0, 0.1) is 0 Å². The molecule has 0 aliphatic carbocycles. The number of nitrogens with zero attached hydrogens (tertiary/aromatic N) is 2. The second-order valence-electron chi connectivity index (χ2n) is 13.0. The van der Waals surface area contributed by atoms with Gasteiger partial charge in [0, 0.05) is 51.2 Å². The summed E-state index contributed by atoms with van der Waals surface area (Å²) in [6.45, 7) is 2.00. The van der Waals surface area contributed by atoms with Gasteiger partial charge in [-0.1, -0.05) is 30.3 Å². The number of imide groups is 1. The molecule has 2 heterocycles. The molecule has 0 aromatic heterocycles. The van der Waals surface area contributed by atoms with Gasteiger partial charge in [-0.25, -0.2) is 0 Å². The van der Waals surface area contributed by atoms with E-state index in [0.717, 1.165) is 17.1 Å². The van der Waals surface area contributed by atoms with Gasteiger partial charge in [0.15, 0.2) is 5.96 Å². The first-order valence-electron chi connectivity index (χ1n) is 18.3. The smallest absolute Gasteiger partial charge is 0.305 e. The molecule has 1 fully saturated rings. The van der Waals surface area contributed by atoms with Crippen molar-refractivity contribution in [2.75, 3.05) is 32.7 Å². The SMILES string of the molecule is CCNC(N)=NCCCC1NC(=O)C(CCCCNC(=O)CCN2C(=O)C=CC2=O)NC(=O)C(Cc2ccccc2)NC(=O)C(CC(=O)O)NC(=O)CNC1=O. The average Bonchev–Trinajstić information content (AvgIpc) is 3.48. The maximum atomic E-state index is 13.9. The van der Waals surface area contributed by atoms with Gasteiger partial charge < -0.3 is 48.1 Å². The number of aliphatic imine (C=N–C) groups is 1. The van der Waals surface area contributed by atoms with E-state index in [-0.39, 0.29) is 64.1 Å². The zero-order valence-electron chi connectivity index (χ0n) is 31.1. The highest BCUT2D eigenvalue weighted by atomic mass is 16.4. The third-order valence-electron chi connectivity index (χ3n) is 8.63. The van der Waals surface area contributed by atoms with Gasteiger partial charge >= 0.3 is 5.97 Å². The second kappa shape index (κ2) is 22.8. The van der Waals surface area contributed by atoms with Crippen LogP contribution in [0.1, 0.15) is 57.4 Å². The first-order chi connectivity index (χ1) is 26.8. The van der Waals surface area contributed by atoms with Crippen LogP contribution in [0.15, 0.2) is 47.5 Å². The number of guanidine groups is 1. The number of nitrogens with one attached hydrogen (secondary N) is 7. The quantitative estimate of drug-likeness (QED) is 0.0333. The molecular weight excluding hydrogens is 732 g/mol. The summed E-state index contributed by atoms with van der Waals surface area (Å²) in [6, 6.07) is 3.23. The summed E-state index contributed by atoms with van der Waals surface area (Å²) >= 11 is 0. The van der Waals surface area contributed by atoms with Crippen LogP contribution >= 0.6 is 0 Å². The van der Waals surface area contributed by atoms with E-state index in [9.17, 15) is 48.3 Å². The van der Waals surface area contributed by atoms with Crippen LogP contribution in [-0.4, -0.2) is 126 Å². The van der Waals surface area contributed by atoms with Gasteiger partial charge in [0.05, 0.1) is 13.0 Å². The summed E-state index contributed by atoms with van der Waals surface area (Å²) in [5.74, 6) is -6.76. The maximum Gasteiger partial charge on any atom is 0.305 e. The van der Waals surface area contributed by atoms with Crippen LogP contribution in [-0.2, 0) is 49.6 Å². The minimum absolute atomic E-state index is 0.0292. The third-order valence-corrected chi connectivity index (χ3v) is 8.63. The molecule has 1 aromatic rings. The van der Waals surface area contributed by atoms with E-state index in [1.807, 2.05) is 6.92 Å². The fourth-order valence-electron chi connectivity index (χ4n) is 5.72. The van der Waals surface area contributed by atoms with Gasteiger partial charge in [-0.15, -0.1) is 0 Å². The highest BCUT2D eigenvalue weighted by Gasteiger charge is 2.33. The minimum Gasteiger partial charge on any atom is -0.481 e. The molecule has 20 nitrogen and oxygen atoms in total. The Kier molecular flexibility index (Phi) is 17.9. The highest BCUT2D eigenvalue weighted by Crippen LogP contribution is 2.10. The van der Waals surface area contributed by atoms with Crippen molar-refractivity contribution in [3.05, 3.63) is 48.0 Å². The van der Waals surface area contributed by atoms with Crippen LogP contribution in [0.3, 0.4) is 0 Å². The molecule has 10 N–H and O–H groups in total. The molecule has 56 heavy (non-hydrogen) atoms. The van der Waals surface area contributed by atoms with E-state index in [1.165, 1.54) is 0 Å². The summed E-state index contributed by atoms with van der Waals surface area (Å²) < 4.78 is 0. The van der Waals surface area contributed by atoms with Gasteiger partial charge in [0.1, 0.15) is 24.2 Å². The van der Waals surface area contributed by atoms with Crippen molar-refractivity contribution in [1.82, 2.24) is 42.1 Å². The number of carboxylic acids is 1. The number of hydrogen-bond acceptors (Lipinski definition) is 10. The standard InChI is InChI=1S/C36H50N10O10/c1-2-38-36(37)40-17-8-12-23-32(53)41-21-28(48)42-26(20-31(51)52)35(56)45-25(19-22-9-4-3-5-10-22)34(55)44-24(33(54)43-23)11-6-7-16-39-27(47)15-18-46-29(49)13-14-30(46)50/h3-5,9-10,13-14,23-26H,2,6-8,11-12,15-21H2,1H3,(H,39,47)(H,41,53)(H,42,48)(H,43,54)(H,44,55)(H,45,56)(H,51,52)(H3,37,38,40). The first kappa shape index (κ1) is 44.1. The molecule has 2 aliphatic heterocycles. The largest absolute Gasteiger partial charge is 0.481 e. The number of hydrogen-bond donors (Lipinski definition) is 9. The Morgan fingerprint density at radius 3 is 2.07 bits per heavy atom. The fourth-order valence-corrected chi connectivity index (χ4v) is 5.72. The molecule has 1 aromatic carbocycles. The number of nitrogens with two attached hydrogens (primary N) is 1. The number of carbonyl (C=O) groups is 9. The summed E-state index contributed by atoms with van der Waals surface area (Å²) in [6.07, 6.45) is 2.25. The van der Waals surface area contributed by atoms with E-state index in [1.54, 1.807) is 30.3 Å². The van der Waals surface area contributed by atoms with E-state index < -0.39 is 90.4 Å². The van der Waals surface area contributed by atoms with Crippen molar-refractivity contribution in [3.63, 3.8) is 0 Å². The summed E-state index contributed by atoms with van der Waals surface area (Å²) in [7, 11) is 0. The lowest BCUT2D eigenvalue weighted by molar-refractivity contribution is -0.141. The predicted molar refractivity (Wildman–Crippen MR) is 200 cm³/mol. The summed E-state index contributed by atoms with van der Waals surface area (Å²) in [4.78, 5) is 120. The average molecular weight is 783 g/mol. The molecule has 4 unspecified atom stereocenters. The van der Waals surface area contributed by atoms with Crippen molar-refractivity contribution < 1.29 is 48.3 Å². The number of carbonyl (C=O) groups excluding carboxylic acids is 8. The molecule has 0 spiro atoms. The van der Waals surface area contributed by atoms with Crippen LogP contribution < -0.4 is 43.0 Å². The molecule has 20 heteroatoms. The van der Waals surface area contributed by atoms with Crippen LogP contribution in [0.5, 0.6) is 0 Å². The van der Waals surface area contributed by atoms with Crippen LogP contribution in [0.4, 0.5) is 0 Å². The highest BCUT2D eigenvalue weighted by molar-refractivity contribution is 6.13. The maximum absolute atomic E-state index is 13.9. The van der Waals surface area contributed by atoms with Gasteiger partial charge in [0.25, 0.3) is 11.8 Å². The van der Waals surface area contributed by atoms with Crippen molar-refractivity contribution in [2.45, 2.75) is 82.5 Å². The molecule has 0 saturated carbocycles. The summed E-state index contributed by atoms with van der Waals surface area (Å²) in [5.41, 5.74) is 6.42. The zero-order chi connectivity index (χ0) is 41.0. The van der Waals surface area contributed by atoms with Gasteiger partial charge in [0.2, 0.25) is 35.4 Å². The Bertz CT molecular complexity index is 1650. The molecule has 4 atom stereocenters. The predicted octanol–water partition coefficient (Wildman–Crippen LogP) is -2.92. The number of unbranched alkanes of at least 4 members (excludes halogenated alkanes) is 1. The fraction of sp³-hybridized carbons (Fsp3) is 0.500. The van der Waals surface area contributed by atoms with Crippen molar-refractivity contribution in [1.29, 1.82) is 0 Å². The monoisotopic (exact) mass is 782 g/mol. The van der Waals surface area contributed by atoms with Crippen LogP contribution in [0.2, 0.25) is 0 Å². The Morgan fingerprint density at radius 2 is 1.41 bits per heavy atom. The van der Waals surface area contributed by atoms with Gasteiger partial charge in [-0.2, -0.15) is 0 Å². The number of amides is 8. The van der Waals surface area contributed by atoms with Gasteiger partial charge in [-0.3, -0.25) is 53.0 Å². The molecule has 1 saturated heterocycles. The number of rotatable bonds is 17. The van der Waals surface area contributed by atoms with E-state index >= 15 is 0 Å². The lowest BCUT2D eigenvalue weighted by Gasteiger charge is -2.26. The zero-order valence-corrected chi connectivity index (χ0v) is 31.1. The summed E-state index contributed by atoms with van der Waals surface area (Å²) in [5, 5.41) is 27.6. The van der Waals surface area contributed by atoms with E-state index in [0.29, 0.717) is 18.5 Å². The number of aliphatic carboxylic acids is 1. The Morgan fingerprint density at radius 1 is 0.804 bits per heavy atom. The van der Waals surface area contributed by atoms with E-state index in [4.69, 9.17) is 5.73 Å². The van der Waals surface area contributed by atoms with Gasteiger partial charge in [-0.05, 0) is 44.6 Å².